The van der Waals surface area contributed by atoms with Gasteiger partial charge in [-0.05, 0) is 0 Å². The molecule has 2 fully saturated rings. The molecule has 254 valence electrons. The predicted octanol–water partition coefficient (Wildman–Crippen LogP) is -1.60. The lowest BCUT2D eigenvalue weighted by atomic mass is 9.95. The first-order valence-corrected chi connectivity index (χ1v) is 13.9. The van der Waals surface area contributed by atoms with Crippen molar-refractivity contribution in [2.75, 3.05) is 20.3 Å². The Morgan fingerprint density at radius 1 is 0.533 bits per heavy atom. The summed E-state index contributed by atoms with van der Waals surface area (Å²) in [6, 6.07) is -2.41. The fourth-order valence-electron chi connectivity index (χ4n) is 4.92. The summed E-state index contributed by atoms with van der Waals surface area (Å²) in [5, 5.41) is 5.13. The van der Waals surface area contributed by atoms with Crippen molar-refractivity contribution in [3.63, 3.8) is 0 Å². The van der Waals surface area contributed by atoms with Gasteiger partial charge in [0.25, 0.3) is 0 Å². The Labute approximate surface area is 258 Å². The van der Waals surface area contributed by atoms with Gasteiger partial charge in [0.1, 0.15) is 30.9 Å². The van der Waals surface area contributed by atoms with Crippen molar-refractivity contribution >= 4 is 41.7 Å². The van der Waals surface area contributed by atoms with Crippen LogP contribution in [0.1, 0.15) is 48.5 Å². The highest BCUT2D eigenvalue weighted by atomic mass is 16.7. The number of methoxy groups -OCH3 is 1. The number of amides is 2. The van der Waals surface area contributed by atoms with Crippen LogP contribution >= 0.6 is 0 Å². The third-order valence-corrected chi connectivity index (χ3v) is 6.35. The van der Waals surface area contributed by atoms with Crippen LogP contribution in [0.15, 0.2) is 0 Å². The van der Waals surface area contributed by atoms with Crippen molar-refractivity contribution in [1.82, 2.24) is 10.6 Å². The second kappa shape index (κ2) is 17.0. The van der Waals surface area contributed by atoms with Crippen LogP contribution < -0.4 is 10.6 Å². The summed E-state index contributed by atoms with van der Waals surface area (Å²) < 4.78 is 50.1. The van der Waals surface area contributed by atoms with Crippen LogP contribution in [-0.2, 0) is 76.2 Å². The second-order valence-electron chi connectivity index (χ2n) is 10.2. The molecule has 0 unspecified atom stereocenters. The molecule has 0 spiro atoms. The second-order valence-corrected chi connectivity index (χ2v) is 10.2. The Morgan fingerprint density at radius 2 is 0.911 bits per heavy atom. The quantitative estimate of drug-likeness (QED) is 0.179. The largest absolute Gasteiger partial charge is 0.463 e. The number of esters is 5. The molecule has 2 saturated heterocycles. The number of carbonyl (C=O) groups is 7. The normalized spacial score (nSPS) is 31.0. The van der Waals surface area contributed by atoms with E-state index < -0.39 is 116 Å². The summed E-state index contributed by atoms with van der Waals surface area (Å²) in [6.45, 7) is 6.97. The zero-order valence-corrected chi connectivity index (χ0v) is 26.2. The fourth-order valence-corrected chi connectivity index (χ4v) is 4.92. The maximum Gasteiger partial charge on any atom is 0.303 e. The van der Waals surface area contributed by atoms with Crippen molar-refractivity contribution in [2.45, 2.75) is 110 Å². The summed E-state index contributed by atoms with van der Waals surface area (Å²) in [4.78, 5) is 84.0. The summed E-state index contributed by atoms with van der Waals surface area (Å²) in [5.41, 5.74) is 0. The van der Waals surface area contributed by atoms with Crippen molar-refractivity contribution in [3.8, 4) is 0 Å². The highest BCUT2D eigenvalue weighted by Crippen LogP contribution is 2.31. The maximum atomic E-state index is 12.2. The zero-order chi connectivity index (χ0) is 34.0. The van der Waals surface area contributed by atoms with E-state index in [4.69, 9.17) is 42.6 Å². The van der Waals surface area contributed by atoms with E-state index in [1.54, 1.807) is 0 Å². The van der Waals surface area contributed by atoms with E-state index in [1.807, 2.05) is 0 Å². The van der Waals surface area contributed by atoms with E-state index in [0.29, 0.717) is 0 Å². The van der Waals surface area contributed by atoms with Gasteiger partial charge in [0.2, 0.25) is 11.8 Å². The first-order chi connectivity index (χ1) is 21.0. The standard InChI is InChI=1S/C27H40N2O16/c1-11(30)28-20-24(42-16(6)35)23(41-15(5)34)19(44-26(20)37-8)10-39-27-21(29-12(2)31)25(43-17(7)36)22(40-14(4)33)18(45-27)9-38-13(3)32/h18-27H,9-10H2,1-8H3,(H,28,30)(H,29,31)/t18-,19-,20-,21-,22-,23+,24-,25-,26-,27-/m1/s1. The Bertz CT molecular complexity index is 1110. The topological polar surface area (TPSA) is 227 Å². The van der Waals surface area contributed by atoms with E-state index in [-0.39, 0.29) is 0 Å². The Kier molecular flexibility index (Phi) is 14.1. The van der Waals surface area contributed by atoms with Gasteiger partial charge < -0.3 is 53.3 Å². The highest BCUT2D eigenvalue weighted by molar-refractivity contribution is 5.74. The van der Waals surface area contributed by atoms with Crippen molar-refractivity contribution in [2.24, 2.45) is 0 Å². The van der Waals surface area contributed by atoms with Crippen molar-refractivity contribution < 1.29 is 76.2 Å². The third kappa shape index (κ3) is 11.2. The summed E-state index contributed by atoms with van der Waals surface area (Å²) >= 11 is 0. The molecule has 2 aliphatic rings. The number of nitrogens with one attached hydrogen (secondary N) is 2. The molecule has 0 aliphatic carbocycles. The predicted molar refractivity (Wildman–Crippen MR) is 144 cm³/mol. The van der Waals surface area contributed by atoms with Crippen LogP contribution in [0, 0.1) is 0 Å². The number of ether oxygens (including phenoxy) is 9. The lowest BCUT2D eigenvalue weighted by molar-refractivity contribution is -0.304. The molecule has 45 heavy (non-hydrogen) atoms. The molecule has 0 bridgehead atoms. The molecule has 2 N–H and O–H groups in total. The molecule has 2 rings (SSSR count). The van der Waals surface area contributed by atoms with Gasteiger partial charge >= 0.3 is 29.8 Å². The molecule has 10 atom stereocenters. The van der Waals surface area contributed by atoms with Gasteiger partial charge in [-0.3, -0.25) is 33.6 Å². The molecule has 0 radical (unpaired) electrons. The maximum absolute atomic E-state index is 12.2. The molecule has 0 aromatic carbocycles. The average molecular weight is 649 g/mol. The molecule has 0 aromatic rings. The number of hydrogen-bond donors (Lipinski definition) is 2. The molecular formula is C27H40N2O16. The van der Waals surface area contributed by atoms with Gasteiger partial charge in [0, 0.05) is 55.6 Å². The molecule has 2 aliphatic heterocycles. The van der Waals surface area contributed by atoms with E-state index in [2.05, 4.69) is 10.6 Å². The zero-order valence-electron chi connectivity index (χ0n) is 26.2. The summed E-state index contributed by atoms with van der Waals surface area (Å²) in [7, 11) is 1.27. The fraction of sp³-hybridized carbons (Fsp3) is 0.741. The van der Waals surface area contributed by atoms with Crippen molar-refractivity contribution in [3.05, 3.63) is 0 Å². The van der Waals surface area contributed by atoms with Crippen LogP contribution in [0.2, 0.25) is 0 Å². The molecule has 0 aromatic heterocycles. The number of carbonyl (C=O) groups excluding carboxylic acids is 7. The third-order valence-electron chi connectivity index (χ3n) is 6.35. The van der Waals surface area contributed by atoms with Gasteiger partial charge in [0.15, 0.2) is 37.0 Å². The van der Waals surface area contributed by atoms with Gasteiger partial charge in [-0.25, -0.2) is 0 Å². The van der Waals surface area contributed by atoms with E-state index >= 15 is 0 Å². The Morgan fingerprint density at radius 3 is 1.29 bits per heavy atom. The molecule has 18 heteroatoms. The van der Waals surface area contributed by atoms with Crippen LogP contribution in [-0.4, -0.2) is 123 Å². The first-order valence-electron chi connectivity index (χ1n) is 13.9. The molecule has 18 nitrogen and oxygen atoms in total. The molecule has 2 heterocycles. The Balaban J connectivity index is 2.51. The van der Waals surface area contributed by atoms with Crippen LogP contribution in [0.3, 0.4) is 0 Å². The van der Waals surface area contributed by atoms with E-state index in [0.717, 1.165) is 34.6 Å². The highest BCUT2D eigenvalue weighted by Gasteiger charge is 2.54. The average Bonchev–Trinajstić information content (AvgIpc) is 2.90. The first kappa shape index (κ1) is 37.3. The number of rotatable bonds is 12. The monoisotopic (exact) mass is 648 g/mol. The smallest absolute Gasteiger partial charge is 0.303 e. The van der Waals surface area contributed by atoms with Gasteiger partial charge in [-0.2, -0.15) is 0 Å². The molecule has 0 saturated carbocycles. The summed E-state index contributed by atoms with van der Waals surface area (Å²) in [6.07, 6.45) is -10.6. The minimum atomic E-state index is -1.48. The van der Waals surface area contributed by atoms with Crippen molar-refractivity contribution in [1.29, 1.82) is 0 Å². The molecular weight excluding hydrogens is 608 g/mol. The lowest BCUT2D eigenvalue weighted by Gasteiger charge is -2.47. The summed E-state index contributed by atoms with van der Waals surface area (Å²) in [5.74, 6) is -4.96. The van der Waals surface area contributed by atoms with Crippen LogP contribution in [0.5, 0.6) is 0 Å². The minimum absolute atomic E-state index is 0.466. The number of hydrogen-bond acceptors (Lipinski definition) is 16. The van der Waals surface area contributed by atoms with Crippen LogP contribution in [0.25, 0.3) is 0 Å². The molecule has 2 amide bonds. The van der Waals surface area contributed by atoms with Crippen LogP contribution in [0.4, 0.5) is 0 Å². The van der Waals surface area contributed by atoms with Gasteiger partial charge in [-0.1, -0.05) is 0 Å². The van der Waals surface area contributed by atoms with E-state index in [1.165, 1.54) is 21.0 Å². The SMILES string of the molecule is CO[C@@H]1O[C@H](CO[C@@H]2O[C@H](COC(C)=O)[C@@H](OC(C)=O)[C@H](OC(C)=O)[C@H]2NC(C)=O)[C@H](OC(C)=O)[C@H](OC(C)=O)[C@H]1NC(C)=O. The van der Waals surface area contributed by atoms with E-state index in [9.17, 15) is 33.6 Å². The Hall–Kier alpha value is -3.87. The van der Waals surface area contributed by atoms with Gasteiger partial charge in [0.05, 0.1) is 6.61 Å². The lowest BCUT2D eigenvalue weighted by Crippen LogP contribution is -2.68. The minimum Gasteiger partial charge on any atom is -0.463 e. The van der Waals surface area contributed by atoms with Gasteiger partial charge in [-0.15, -0.1) is 0 Å².